The second-order valence-corrected chi connectivity index (χ2v) is 5.24. The summed E-state index contributed by atoms with van der Waals surface area (Å²) in [4.78, 5) is 16.8. The Hall–Kier alpha value is -3.05. The van der Waals surface area contributed by atoms with Gasteiger partial charge in [-0.25, -0.2) is 4.79 Å². The molecular formula is C19H18N2O3. The van der Waals surface area contributed by atoms with Crippen molar-refractivity contribution in [2.45, 2.75) is 13.2 Å². The van der Waals surface area contributed by atoms with Crippen molar-refractivity contribution in [3.8, 4) is 0 Å². The normalized spacial score (nSPS) is 13.2. The van der Waals surface area contributed by atoms with E-state index in [1.165, 1.54) is 6.08 Å². The molecule has 1 aliphatic rings. The maximum absolute atomic E-state index is 11.9. The first-order valence-corrected chi connectivity index (χ1v) is 7.62. The zero-order chi connectivity index (χ0) is 16.6. The number of carbonyl (C=O) groups is 1. The molecule has 0 spiro atoms. The lowest BCUT2D eigenvalue weighted by atomic mass is 10.1. The van der Waals surface area contributed by atoms with E-state index in [4.69, 9.17) is 9.57 Å². The van der Waals surface area contributed by atoms with Gasteiger partial charge in [-0.05, 0) is 22.8 Å². The van der Waals surface area contributed by atoms with E-state index in [1.807, 2.05) is 54.6 Å². The van der Waals surface area contributed by atoms with Gasteiger partial charge in [0.25, 0.3) is 0 Å². The van der Waals surface area contributed by atoms with Crippen molar-refractivity contribution in [1.82, 2.24) is 10.6 Å². The van der Waals surface area contributed by atoms with Crippen molar-refractivity contribution in [1.29, 1.82) is 0 Å². The van der Waals surface area contributed by atoms with Gasteiger partial charge in [-0.15, -0.1) is 0 Å². The van der Waals surface area contributed by atoms with Gasteiger partial charge in [0.1, 0.15) is 12.9 Å². The van der Waals surface area contributed by atoms with Crippen molar-refractivity contribution in [3.05, 3.63) is 89.8 Å². The Morgan fingerprint density at radius 2 is 1.83 bits per heavy atom. The molecule has 122 valence electrons. The number of benzene rings is 2. The van der Waals surface area contributed by atoms with Crippen LogP contribution < -0.4 is 5.59 Å². The number of nitrogens with one attached hydrogen (secondary N) is 1. The Bertz CT molecular complexity index is 741. The highest BCUT2D eigenvalue weighted by molar-refractivity contribution is 5.87. The fourth-order valence-corrected chi connectivity index (χ4v) is 2.28. The molecule has 0 saturated heterocycles. The molecule has 0 unspecified atom stereocenters. The van der Waals surface area contributed by atoms with Crippen LogP contribution in [0.3, 0.4) is 0 Å². The van der Waals surface area contributed by atoms with Crippen LogP contribution in [0.15, 0.2) is 73.1 Å². The zero-order valence-corrected chi connectivity index (χ0v) is 13.1. The Kier molecular flexibility index (Phi) is 5.27. The number of nitrogens with zero attached hydrogens (tertiary/aromatic N) is 1. The van der Waals surface area contributed by atoms with Crippen LogP contribution in [0.5, 0.6) is 0 Å². The Balaban J connectivity index is 1.57. The molecule has 0 atom stereocenters. The number of hydrogen-bond acceptors (Lipinski definition) is 5. The summed E-state index contributed by atoms with van der Waals surface area (Å²) in [6.07, 6.45) is 6.55. The molecule has 0 aliphatic carbocycles. The van der Waals surface area contributed by atoms with E-state index >= 15 is 0 Å². The Labute approximate surface area is 140 Å². The van der Waals surface area contributed by atoms with Crippen molar-refractivity contribution in [2.24, 2.45) is 0 Å². The maximum Gasteiger partial charge on any atom is 0.331 e. The van der Waals surface area contributed by atoms with Gasteiger partial charge in [-0.1, -0.05) is 60.2 Å². The summed E-state index contributed by atoms with van der Waals surface area (Å²) in [6, 6.07) is 17.5. The summed E-state index contributed by atoms with van der Waals surface area (Å²) >= 11 is 0. The van der Waals surface area contributed by atoms with Gasteiger partial charge in [0.15, 0.2) is 0 Å². The van der Waals surface area contributed by atoms with Crippen LogP contribution in [0.25, 0.3) is 6.08 Å². The van der Waals surface area contributed by atoms with Crippen molar-refractivity contribution >= 4 is 12.0 Å². The fraction of sp³-hybridized carbons (Fsp3) is 0.105. The third-order valence-corrected chi connectivity index (χ3v) is 3.52. The Morgan fingerprint density at radius 1 is 1.08 bits per heavy atom. The molecular weight excluding hydrogens is 304 g/mol. The number of hydrazine groups is 1. The minimum absolute atomic E-state index is 0.229. The largest absolute Gasteiger partial charge is 0.458 e. The summed E-state index contributed by atoms with van der Waals surface area (Å²) < 4.78 is 5.34. The van der Waals surface area contributed by atoms with Gasteiger partial charge in [-0.2, -0.15) is 0 Å². The van der Waals surface area contributed by atoms with Gasteiger partial charge in [-0.3, -0.25) is 5.01 Å². The van der Waals surface area contributed by atoms with E-state index in [1.54, 1.807) is 23.5 Å². The molecule has 1 aliphatic heterocycles. The van der Waals surface area contributed by atoms with Gasteiger partial charge in [0.2, 0.25) is 0 Å². The van der Waals surface area contributed by atoms with Crippen LogP contribution >= 0.6 is 0 Å². The quantitative estimate of drug-likeness (QED) is 0.654. The Morgan fingerprint density at radius 3 is 2.58 bits per heavy atom. The lowest BCUT2D eigenvalue weighted by molar-refractivity contribution is -0.138. The molecule has 2 aromatic carbocycles. The number of esters is 1. The summed E-state index contributed by atoms with van der Waals surface area (Å²) in [7, 11) is 0. The van der Waals surface area contributed by atoms with Gasteiger partial charge >= 0.3 is 5.97 Å². The molecule has 2 aromatic rings. The van der Waals surface area contributed by atoms with Crippen LogP contribution in [0, 0.1) is 0 Å². The smallest absolute Gasteiger partial charge is 0.331 e. The molecule has 5 heteroatoms. The molecule has 1 heterocycles. The number of carbonyl (C=O) groups excluding carboxylic acids is 1. The van der Waals surface area contributed by atoms with Crippen molar-refractivity contribution in [3.63, 3.8) is 0 Å². The molecule has 3 rings (SSSR count). The number of hydrogen-bond donors (Lipinski definition) is 1. The first kappa shape index (κ1) is 15.8. The second kappa shape index (κ2) is 7.99. The summed E-state index contributed by atoms with van der Waals surface area (Å²) in [6.45, 7) is 0.844. The summed E-state index contributed by atoms with van der Waals surface area (Å²) in [5, 5.41) is 1.80. The highest BCUT2D eigenvalue weighted by Gasteiger charge is 2.10. The maximum atomic E-state index is 11.9. The van der Waals surface area contributed by atoms with E-state index in [9.17, 15) is 4.79 Å². The molecule has 0 fully saturated rings. The van der Waals surface area contributed by atoms with Crippen molar-refractivity contribution < 1.29 is 14.4 Å². The first-order valence-electron chi connectivity index (χ1n) is 7.62. The van der Waals surface area contributed by atoms with Crippen LogP contribution in [0.4, 0.5) is 0 Å². The number of rotatable bonds is 6. The van der Waals surface area contributed by atoms with E-state index in [-0.39, 0.29) is 12.6 Å². The molecule has 0 bridgehead atoms. The summed E-state index contributed by atoms with van der Waals surface area (Å²) in [5.41, 5.74) is 5.71. The SMILES string of the molecule is O=C(C=Cc1ccccc1)OCc1ccccc1CN1C=CON1. The number of ether oxygens (including phenoxy) is 1. The molecule has 24 heavy (non-hydrogen) atoms. The van der Waals surface area contributed by atoms with Crippen LogP contribution in [0.2, 0.25) is 0 Å². The molecule has 0 aromatic heterocycles. The van der Waals surface area contributed by atoms with Crippen LogP contribution in [-0.4, -0.2) is 11.0 Å². The van der Waals surface area contributed by atoms with Crippen molar-refractivity contribution in [2.75, 3.05) is 0 Å². The van der Waals surface area contributed by atoms with E-state index < -0.39 is 0 Å². The van der Waals surface area contributed by atoms with E-state index in [0.717, 1.165) is 16.7 Å². The van der Waals surface area contributed by atoms with Crippen LogP contribution in [0.1, 0.15) is 16.7 Å². The zero-order valence-electron chi connectivity index (χ0n) is 13.1. The lowest BCUT2D eigenvalue weighted by Gasteiger charge is -2.16. The molecule has 0 saturated carbocycles. The van der Waals surface area contributed by atoms with Gasteiger partial charge in [0.05, 0.1) is 12.7 Å². The topological polar surface area (TPSA) is 50.8 Å². The third kappa shape index (κ3) is 4.47. The predicted octanol–water partition coefficient (Wildman–Crippen LogP) is 3.17. The summed E-state index contributed by atoms with van der Waals surface area (Å²) in [5.74, 6) is -0.365. The third-order valence-electron chi connectivity index (χ3n) is 3.52. The fourth-order valence-electron chi connectivity index (χ4n) is 2.28. The monoisotopic (exact) mass is 322 g/mol. The molecule has 0 radical (unpaired) electrons. The average Bonchev–Trinajstić information content (AvgIpc) is 3.13. The van der Waals surface area contributed by atoms with Gasteiger partial charge in [0, 0.05) is 6.08 Å². The van der Waals surface area contributed by atoms with Crippen LogP contribution in [-0.2, 0) is 27.5 Å². The average molecular weight is 322 g/mol. The molecule has 1 N–H and O–H groups in total. The predicted molar refractivity (Wildman–Crippen MR) is 90.6 cm³/mol. The molecule has 5 nitrogen and oxygen atoms in total. The van der Waals surface area contributed by atoms with Gasteiger partial charge < -0.3 is 9.57 Å². The van der Waals surface area contributed by atoms with E-state index in [2.05, 4.69) is 5.59 Å². The minimum Gasteiger partial charge on any atom is -0.458 e. The van der Waals surface area contributed by atoms with E-state index in [0.29, 0.717) is 6.54 Å². The highest BCUT2D eigenvalue weighted by atomic mass is 16.7. The molecule has 0 amide bonds. The standard InChI is InChI=1S/C19H18N2O3/c22-19(11-10-16-6-2-1-3-7-16)23-15-18-9-5-4-8-17(18)14-21-12-13-24-20-21/h1-13,20H,14-15H2. The second-order valence-electron chi connectivity index (χ2n) is 5.24. The first-order chi connectivity index (χ1) is 11.8. The highest BCUT2D eigenvalue weighted by Crippen LogP contribution is 2.14. The lowest BCUT2D eigenvalue weighted by Crippen LogP contribution is -2.27. The minimum atomic E-state index is -0.365.